The minimum atomic E-state index is -4.06. The van der Waals surface area contributed by atoms with Gasteiger partial charge in [0.15, 0.2) is 0 Å². The summed E-state index contributed by atoms with van der Waals surface area (Å²) in [4.78, 5) is -0.462. The highest BCUT2D eigenvalue weighted by Gasteiger charge is 2.26. The summed E-state index contributed by atoms with van der Waals surface area (Å²) in [6, 6.07) is 7.29. The molecule has 1 rings (SSSR count). The Bertz CT molecular complexity index is 646. The van der Waals surface area contributed by atoms with Gasteiger partial charge in [0.1, 0.15) is 10.7 Å². The fourth-order valence-electron chi connectivity index (χ4n) is 1.53. The Kier molecular flexibility index (Phi) is 6.08. The molecule has 0 fully saturated rings. The normalized spacial score (nSPS) is 11.1. The van der Waals surface area contributed by atoms with Gasteiger partial charge >= 0.3 is 0 Å². The van der Waals surface area contributed by atoms with Gasteiger partial charge in [0.05, 0.1) is 12.1 Å². The highest BCUT2D eigenvalue weighted by molar-refractivity contribution is 9.10. The average Bonchev–Trinajstić information content (AvgIpc) is 2.38. The van der Waals surface area contributed by atoms with Crippen LogP contribution in [0.15, 0.2) is 27.6 Å². The molecule has 0 spiro atoms. The molecule has 0 aliphatic rings. The Hall–Kier alpha value is -1.48. The van der Waals surface area contributed by atoms with Gasteiger partial charge in [0.2, 0.25) is 10.0 Å². The molecule has 5 nitrogen and oxygen atoms in total. The van der Waals surface area contributed by atoms with Crippen molar-refractivity contribution in [3.05, 3.63) is 28.5 Å². The van der Waals surface area contributed by atoms with E-state index in [1.165, 1.54) is 6.07 Å². The number of nitriles is 2. The first-order valence-corrected chi connectivity index (χ1v) is 7.86. The summed E-state index contributed by atoms with van der Waals surface area (Å²) in [6.45, 7) is -0.147. The molecule has 0 radical (unpaired) electrons. The topological polar surface area (TPSA) is 85.0 Å². The van der Waals surface area contributed by atoms with Crippen molar-refractivity contribution in [3.63, 3.8) is 0 Å². The fourth-order valence-corrected chi connectivity index (χ4v) is 3.35. The zero-order chi connectivity index (χ0) is 15.2. The van der Waals surface area contributed by atoms with E-state index in [4.69, 9.17) is 10.5 Å². The summed E-state index contributed by atoms with van der Waals surface area (Å²) in [5.41, 5.74) is 0. The molecule has 0 saturated heterocycles. The lowest BCUT2D eigenvalue weighted by Crippen LogP contribution is -2.33. The molecular formula is C12H11BrFN3O2S. The van der Waals surface area contributed by atoms with Gasteiger partial charge < -0.3 is 0 Å². The maximum Gasteiger partial charge on any atom is 0.246 e. The minimum Gasteiger partial charge on any atom is -0.207 e. The molecule has 0 aliphatic heterocycles. The van der Waals surface area contributed by atoms with Crippen LogP contribution in [0.25, 0.3) is 0 Å². The lowest BCUT2D eigenvalue weighted by atomic mass is 10.3. The lowest BCUT2D eigenvalue weighted by molar-refractivity contribution is 0.420. The van der Waals surface area contributed by atoms with Crippen molar-refractivity contribution in [2.45, 2.75) is 17.7 Å². The molecule has 1 aromatic carbocycles. The molecular weight excluding hydrogens is 349 g/mol. The second kappa shape index (κ2) is 7.34. The van der Waals surface area contributed by atoms with E-state index < -0.39 is 20.7 Å². The van der Waals surface area contributed by atoms with Gasteiger partial charge in [-0.1, -0.05) is 15.9 Å². The van der Waals surface area contributed by atoms with Crippen molar-refractivity contribution < 1.29 is 12.8 Å². The minimum absolute atomic E-state index is 0.0250. The SMILES string of the molecule is N#CCCN(CCC#N)S(=O)(=O)c1ccc(Br)cc1F. The zero-order valence-corrected chi connectivity index (χ0v) is 12.8. The molecule has 8 heteroatoms. The van der Waals surface area contributed by atoms with Crippen LogP contribution in [0.5, 0.6) is 0 Å². The molecule has 0 N–H and O–H groups in total. The van der Waals surface area contributed by atoms with Crippen molar-refractivity contribution >= 4 is 26.0 Å². The van der Waals surface area contributed by atoms with E-state index in [2.05, 4.69) is 15.9 Å². The molecule has 0 atom stereocenters. The van der Waals surface area contributed by atoms with Crippen LogP contribution in [0, 0.1) is 28.5 Å². The average molecular weight is 360 g/mol. The van der Waals surface area contributed by atoms with Crippen LogP contribution < -0.4 is 0 Å². The Labute approximate surface area is 125 Å². The maximum atomic E-state index is 13.8. The summed E-state index contributed by atoms with van der Waals surface area (Å²) >= 11 is 3.05. The van der Waals surface area contributed by atoms with E-state index in [1.54, 1.807) is 0 Å². The standard InChI is InChI=1S/C12H11BrFN3O2S/c13-10-3-4-12(11(14)9-10)20(18,19)17(7-1-5-15)8-2-6-16/h3-4,9H,1-2,7-8H2. The van der Waals surface area contributed by atoms with Gasteiger partial charge in [-0.3, -0.25) is 0 Å². The Morgan fingerprint density at radius 2 is 1.75 bits per heavy atom. The van der Waals surface area contributed by atoms with Crippen molar-refractivity contribution in [2.75, 3.05) is 13.1 Å². The lowest BCUT2D eigenvalue weighted by Gasteiger charge is -2.20. The number of rotatable bonds is 6. The Morgan fingerprint density at radius 3 is 2.20 bits per heavy atom. The molecule has 0 saturated carbocycles. The molecule has 0 bridgehead atoms. The zero-order valence-electron chi connectivity index (χ0n) is 10.4. The molecule has 0 aromatic heterocycles. The first-order chi connectivity index (χ1) is 9.43. The second-order valence-electron chi connectivity index (χ2n) is 3.80. The van der Waals surface area contributed by atoms with Crippen molar-refractivity contribution in [1.82, 2.24) is 4.31 Å². The van der Waals surface area contributed by atoms with Crippen LogP contribution in [-0.4, -0.2) is 25.8 Å². The highest BCUT2D eigenvalue weighted by atomic mass is 79.9. The van der Waals surface area contributed by atoms with E-state index in [1.807, 2.05) is 12.1 Å². The molecule has 0 amide bonds. The molecule has 106 valence electrons. The third-order valence-electron chi connectivity index (χ3n) is 2.46. The van der Waals surface area contributed by atoms with E-state index in [0.29, 0.717) is 4.47 Å². The third kappa shape index (κ3) is 4.01. The van der Waals surface area contributed by atoms with Crippen LogP contribution in [0.2, 0.25) is 0 Å². The van der Waals surface area contributed by atoms with E-state index in [-0.39, 0.29) is 25.9 Å². The monoisotopic (exact) mass is 359 g/mol. The third-order valence-corrected chi connectivity index (χ3v) is 4.88. The van der Waals surface area contributed by atoms with Crippen LogP contribution in [0.1, 0.15) is 12.8 Å². The quantitative estimate of drug-likeness (QED) is 0.780. The first kappa shape index (κ1) is 16.6. The summed E-state index contributed by atoms with van der Waals surface area (Å²) in [6.07, 6.45) is -0.0500. The molecule has 0 unspecified atom stereocenters. The smallest absolute Gasteiger partial charge is 0.207 e. The summed E-state index contributed by atoms with van der Waals surface area (Å²) < 4.78 is 39.8. The van der Waals surface area contributed by atoms with E-state index in [9.17, 15) is 12.8 Å². The van der Waals surface area contributed by atoms with Gasteiger partial charge in [0, 0.05) is 30.4 Å². The largest absolute Gasteiger partial charge is 0.246 e. The van der Waals surface area contributed by atoms with Crippen molar-refractivity contribution in [1.29, 1.82) is 10.5 Å². The molecule has 1 aromatic rings. The Balaban J connectivity index is 3.15. The van der Waals surface area contributed by atoms with Crippen molar-refractivity contribution in [2.24, 2.45) is 0 Å². The van der Waals surface area contributed by atoms with E-state index in [0.717, 1.165) is 16.4 Å². The summed E-state index contributed by atoms with van der Waals surface area (Å²) in [7, 11) is -4.06. The van der Waals surface area contributed by atoms with Crippen LogP contribution in [0.4, 0.5) is 4.39 Å². The van der Waals surface area contributed by atoms with Gasteiger partial charge in [-0.15, -0.1) is 0 Å². The van der Waals surface area contributed by atoms with E-state index >= 15 is 0 Å². The number of sulfonamides is 1. The van der Waals surface area contributed by atoms with Gasteiger partial charge in [-0.05, 0) is 18.2 Å². The second-order valence-corrected chi connectivity index (χ2v) is 6.62. The Morgan fingerprint density at radius 1 is 1.20 bits per heavy atom. The molecule has 0 heterocycles. The number of hydrogen-bond acceptors (Lipinski definition) is 4. The number of benzene rings is 1. The van der Waals surface area contributed by atoms with Gasteiger partial charge in [-0.25, -0.2) is 12.8 Å². The van der Waals surface area contributed by atoms with Crippen LogP contribution >= 0.6 is 15.9 Å². The van der Waals surface area contributed by atoms with Crippen LogP contribution in [-0.2, 0) is 10.0 Å². The predicted molar refractivity (Wildman–Crippen MR) is 73.3 cm³/mol. The number of hydrogen-bond donors (Lipinski definition) is 0. The predicted octanol–water partition coefficient (Wildman–Crippen LogP) is 2.41. The highest BCUT2D eigenvalue weighted by Crippen LogP contribution is 2.23. The number of nitrogens with zero attached hydrogens (tertiary/aromatic N) is 3. The van der Waals surface area contributed by atoms with Gasteiger partial charge in [-0.2, -0.15) is 14.8 Å². The number of halogens is 2. The summed E-state index contributed by atoms with van der Waals surface area (Å²) in [5, 5.41) is 17.1. The summed E-state index contributed by atoms with van der Waals surface area (Å²) in [5.74, 6) is -0.877. The van der Waals surface area contributed by atoms with Gasteiger partial charge in [0.25, 0.3) is 0 Å². The fraction of sp³-hybridized carbons (Fsp3) is 0.333. The first-order valence-electron chi connectivity index (χ1n) is 5.62. The maximum absolute atomic E-state index is 13.8. The van der Waals surface area contributed by atoms with Crippen LogP contribution in [0.3, 0.4) is 0 Å². The molecule has 20 heavy (non-hydrogen) atoms. The molecule has 0 aliphatic carbocycles. The van der Waals surface area contributed by atoms with Crippen molar-refractivity contribution in [3.8, 4) is 12.1 Å².